The van der Waals surface area contributed by atoms with E-state index in [1.54, 1.807) is 6.07 Å². The average Bonchev–Trinajstić information content (AvgIpc) is 3.07. The zero-order valence-corrected chi connectivity index (χ0v) is 14.2. The summed E-state index contributed by atoms with van der Waals surface area (Å²) < 4.78 is 48.6. The number of hydrogen-bond donors (Lipinski definition) is 1. The maximum Gasteiger partial charge on any atom is 0.416 e. The van der Waals surface area contributed by atoms with Crippen molar-refractivity contribution in [2.75, 3.05) is 12.2 Å². The topological polar surface area (TPSA) is 55.7 Å². The fraction of sp³-hybridized carbons (Fsp3) is 0.158. The van der Waals surface area contributed by atoms with Gasteiger partial charge in [-0.15, -0.1) is 0 Å². The van der Waals surface area contributed by atoms with E-state index in [9.17, 15) is 13.2 Å². The van der Waals surface area contributed by atoms with Gasteiger partial charge in [-0.25, -0.2) is 0 Å². The van der Waals surface area contributed by atoms with E-state index in [4.69, 9.17) is 9.47 Å². The van der Waals surface area contributed by atoms with Gasteiger partial charge in [0.25, 0.3) is 0 Å². The highest BCUT2D eigenvalue weighted by Crippen LogP contribution is 2.38. The standard InChI is InChI=1S/C19H14F3N3O2/c1-11-6-16(14-7-17-18(27-10-26-17)8-15(14)24-11)25-23-9-12-2-4-13(5-3-12)19(20,21)22/h2-9H,10H2,1H3,(H,24,25)/b23-9+. The number of hydrazone groups is 1. The van der Waals surface area contributed by atoms with Crippen molar-refractivity contribution in [1.82, 2.24) is 4.98 Å². The van der Waals surface area contributed by atoms with Crippen LogP contribution in [0.15, 0.2) is 47.6 Å². The molecule has 2 heterocycles. The van der Waals surface area contributed by atoms with Crippen LogP contribution in [0.3, 0.4) is 0 Å². The third kappa shape index (κ3) is 3.51. The number of anilines is 1. The Hall–Kier alpha value is -3.29. The molecule has 0 amide bonds. The number of nitrogens with one attached hydrogen (secondary N) is 1. The number of aromatic nitrogens is 1. The van der Waals surface area contributed by atoms with E-state index in [1.165, 1.54) is 18.3 Å². The summed E-state index contributed by atoms with van der Waals surface area (Å²) in [6.07, 6.45) is -2.90. The Morgan fingerprint density at radius 2 is 1.78 bits per heavy atom. The lowest BCUT2D eigenvalue weighted by atomic mass is 10.1. The van der Waals surface area contributed by atoms with E-state index in [1.807, 2.05) is 19.1 Å². The van der Waals surface area contributed by atoms with Gasteiger partial charge in [0, 0.05) is 17.1 Å². The second kappa shape index (κ2) is 6.46. The molecule has 0 unspecified atom stereocenters. The molecule has 0 spiro atoms. The number of nitrogens with zero attached hydrogens (tertiary/aromatic N) is 2. The molecular weight excluding hydrogens is 359 g/mol. The summed E-state index contributed by atoms with van der Waals surface area (Å²) in [4.78, 5) is 4.48. The largest absolute Gasteiger partial charge is 0.454 e. The van der Waals surface area contributed by atoms with Crippen molar-refractivity contribution in [2.45, 2.75) is 13.1 Å². The van der Waals surface area contributed by atoms with E-state index in [0.717, 1.165) is 28.7 Å². The van der Waals surface area contributed by atoms with Crippen LogP contribution < -0.4 is 14.9 Å². The molecular formula is C19H14F3N3O2. The van der Waals surface area contributed by atoms with Gasteiger partial charge in [0.2, 0.25) is 6.79 Å². The number of pyridine rings is 1. The molecule has 0 saturated carbocycles. The summed E-state index contributed by atoms with van der Waals surface area (Å²) in [6.45, 7) is 2.02. The first-order chi connectivity index (χ1) is 12.9. The van der Waals surface area contributed by atoms with Gasteiger partial charge < -0.3 is 9.47 Å². The molecule has 5 nitrogen and oxygen atoms in total. The van der Waals surface area contributed by atoms with Crippen molar-refractivity contribution in [3.63, 3.8) is 0 Å². The molecule has 1 aliphatic rings. The SMILES string of the molecule is Cc1cc(N/N=C/c2ccc(C(F)(F)F)cc2)c2cc3c(cc2n1)OCO3. The van der Waals surface area contributed by atoms with Crippen LogP contribution in [-0.2, 0) is 6.18 Å². The predicted molar refractivity (Wildman–Crippen MR) is 95.3 cm³/mol. The molecule has 0 saturated heterocycles. The van der Waals surface area contributed by atoms with Gasteiger partial charge in [0.05, 0.1) is 23.0 Å². The highest BCUT2D eigenvalue weighted by molar-refractivity contribution is 5.94. The van der Waals surface area contributed by atoms with Gasteiger partial charge >= 0.3 is 6.18 Å². The van der Waals surface area contributed by atoms with Crippen LogP contribution in [-0.4, -0.2) is 18.0 Å². The van der Waals surface area contributed by atoms with Crippen LogP contribution in [0.25, 0.3) is 10.9 Å². The summed E-state index contributed by atoms with van der Waals surface area (Å²) >= 11 is 0. The minimum atomic E-state index is -4.35. The highest BCUT2D eigenvalue weighted by Gasteiger charge is 2.29. The number of halogens is 3. The third-order valence-corrected chi connectivity index (χ3v) is 4.07. The van der Waals surface area contributed by atoms with E-state index in [0.29, 0.717) is 22.7 Å². The Labute approximate surface area is 152 Å². The number of benzene rings is 2. The van der Waals surface area contributed by atoms with Crippen LogP contribution in [0.5, 0.6) is 11.5 Å². The van der Waals surface area contributed by atoms with E-state index >= 15 is 0 Å². The quantitative estimate of drug-likeness (QED) is 0.532. The molecule has 3 aromatic rings. The van der Waals surface area contributed by atoms with Crippen molar-refractivity contribution in [2.24, 2.45) is 5.10 Å². The van der Waals surface area contributed by atoms with Crippen LogP contribution in [0.1, 0.15) is 16.8 Å². The number of aryl methyl sites for hydroxylation is 1. The Morgan fingerprint density at radius 3 is 2.48 bits per heavy atom. The molecule has 1 aromatic heterocycles. The molecule has 1 aliphatic heterocycles. The molecule has 0 atom stereocenters. The molecule has 0 aliphatic carbocycles. The normalized spacial score (nSPS) is 13.5. The number of hydrogen-bond acceptors (Lipinski definition) is 5. The molecule has 0 bridgehead atoms. The van der Waals surface area contributed by atoms with Gasteiger partial charge in [0.1, 0.15) is 0 Å². The fourth-order valence-corrected chi connectivity index (χ4v) is 2.78. The second-order valence-electron chi connectivity index (χ2n) is 6.02. The smallest absolute Gasteiger partial charge is 0.416 e. The van der Waals surface area contributed by atoms with Crippen LogP contribution in [0.4, 0.5) is 18.9 Å². The summed E-state index contributed by atoms with van der Waals surface area (Å²) in [7, 11) is 0. The summed E-state index contributed by atoms with van der Waals surface area (Å²) in [5.41, 5.74) is 4.99. The summed E-state index contributed by atoms with van der Waals surface area (Å²) in [5, 5.41) is 4.93. The highest BCUT2D eigenvalue weighted by atomic mass is 19.4. The van der Waals surface area contributed by atoms with Crippen molar-refractivity contribution >= 4 is 22.8 Å². The van der Waals surface area contributed by atoms with E-state index in [2.05, 4.69) is 15.5 Å². The molecule has 0 fully saturated rings. The number of rotatable bonds is 3. The Morgan fingerprint density at radius 1 is 1.07 bits per heavy atom. The van der Waals surface area contributed by atoms with Crippen LogP contribution in [0, 0.1) is 6.92 Å². The molecule has 0 radical (unpaired) electrons. The van der Waals surface area contributed by atoms with Gasteiger partial charge in [-0.1, -0.05) is 12.1 Å². The second-order valence-corrected chi connectivity index (χ2v) is 6.02. The molecule has 1 N–H and O–H groups in total. The maximum absolute atomic E-state index is 12.6. The van der Waals surface area contributed by atoms with Gasteiger partial charge in [-0.05, 0) is 36.8 Å². The van der Waals surface area contributed by atoms with Crippen molar-refractivity contribution in [1.29, 1.82) is 0 Å². The Kier molecular flexibility index (Phi) is 4.10. The molecule has 4 rings (SSSR count). The lowest BCUT2D eigenvalue weighted by molar-refractivity contribution is -0.137. The van der Waals surface area contributed by atoms with Gasteiger partial charge in [-0.3, -0.25) is 10.4 Å². The summed E-state index contributed by atoms with van der Waals surface area (Å²) in [5.74, 6) is 1.27. The molecule has 138 valence electrons. The first kappa shape index (κ1) is 17.1. The van der Waals surface area contributed by atoms with Crippen LogP contribution >= 0.6 is 0 Å². The van der Waals surface area contributed by atoms with Crippen molar-refractivity contribution in [3.05, 3.63) is 59.3 Å². The lowest BCUT2D eigenvalue weighted by Gasteiger charge is -2.08. The molecule has 2 aromatic carbocycles. The minimum Gasteiger partial charge on any atom is -0.454 e. The zero-order chi connectivity index (χ0) is 19.0. The minimum absolute atomic E-state index is 0.166. The Balaban J connectivity index is 1.59. The molecule has 8 heteroatoms. The predicted octanol–water partition coefficient (Wildman–Crippen LogP) is 4.74. The van der Waals surface area contributed by atoms with E-state index in [-0.39, 0.29) is 6.79 Å². The monoisotopic (exact) mass is 373 g/mol. The average molecular weight is 373 g/mol. The van der Waals surface area contributed by atoms with E-state index < -0.39 is 11.7 Å². The zero-order valence-electron chi connectivity index (χ0n) is 14.2. The van der Waals surface area contributed by atoms with Crippen molar-refractivity contribution < 1.29 is 22.6 Å². The number of ether oxygens (including phenoxy) is 2. The Bertz CT molecular complexity index is 1030. The van der Waals surface area contributed by atoms with Crippen molar-refractivity contribution in [3.8, 4) is 11.5 Å². The number of alkyl halides is 3. The van der Waals surface area contributed by atoms with Gasteiger partial charge in [-0.2, -0.15) is 18.3 Å². The maximum atomic E-state index is 12.6. The first-order valence-electron chi connectivity index (χ1n) is 8.07. The first-order valence-corrected chi connectivity index (χ1v) is 8.07. The lowest BCUT2D eigenvalue weighted by Crippen LogP contribution is -2.04. The number of fused-ring (bicyclic) bond motifs is 2. The summed E-state index contributed by atoms with van der Waals surface area (Å²) in [6, 6.07) is 10.2. The third-order valence-electron chi connectivity index (χ3n) is 4.07. The van der Waals surface area contributed by atoms with Gasteiger partial charge in [0.15, 0.2) is 11.5 Å². The van der Waals surface area contributed by atoms with Crippen LogP contribution in [0.2, 0.25) is 0 Å². The fourth-order valence-electron chi connectivity index (χ4n) is 2.78. The molecule has 27 heavy (non-hydrogen) atoms.